The van der Waals surface area contributed by atoms with Crippen LogP contribution in [0.5, 0.6) is 0 Å². The second kappa shape index (κ2) is 6.54. The SMILES string of the molecule is Cc1noc(C(C)C)c1C(=O)Nc1ccc(CCO)cc1. The molecule has 2 aromatic rings. The number of hydrogen-bond acceptors (Lipinski definition) is 4. The van der Waals surface area contributed by atoms with Gasteiger partial charge in [0.25, 0.3) is 5.91 Å². The fourth-order valence-corrected chi connectivity index (χ4v) is 2.13. The third-order valence-corrected chi connectivity index (χ3v) is 3.25. The van der Waals surface area contributed by atoms with Crippen LogP contribution in [0.15, 0.2) is 28.8 Å². The van der Waals surface area contributed by atoms with Gasteiger partial charge in [-0.05, 0) is 31.0 Å². The van der Waals surface area contributed by atoms with Gasteiger partial charge in [-0.15, -0.1) is 0 Å². The van der Waals surface area contributed by atoms with Gasteiger partial charge in [0.2, 0.25) is 0 Å². The standard InChI is InChI=1S/C16H20N2O3/c1-10(2)15-14(11(3)18-21-15)16(20)17-13-6-4-12(5-7-13)8-9-19/h4-7,10,19H,8-9H2,1-3H3,(H,17,20). The number of benzene rings is 1. The molecule has 1 aromatic heterocycles. The summed E-state index contributed by atoms with van der Waals surface area (Å²) in [4.78, 5) is 12.4. The van der Waals surface area contributed by atoms with Crippen LogP contribution < -0.4 is 5.32 Å². The van der Waals surface area contributed by atoms with E-state index in [1.807, 2.05) is 38.1 Å². The molecule has 0 saturated carbocycles. The summed E-state index contributed by atoms with van der Waals surface area (Å²) in [6, 6.07) is 7.41. The monoisotopic (exact) mass is 288 g/mol. The Morgan fingerprint density at radius 2 is 2.00 bits per heavy atom. The van der Waals surface area contributed by atoms with E-state index >= 15 is 0 Å². The van der Waals surface area contributed by atoms with Crippen molar-refractivity contribution in [3.63, 3.8) is 0 Å². The highest BCUT2D eigenvalue weighted by Gasteiger charge is 2.22. The number of aliphatic hydroxyl groups excluding tert-OH is 1. The number of hydrogen-bond donors (Lipinski definition) is 2. The number of amides is 1. The molecule has 2 N–H and O–H groups in total. The predicted octanol–water partition coefficient (Wildman–Crippen LogP) is 2.89. The fourth-order valence-electron chi connectivity index (χ4n) is 2.13. The summed E-state index contributed by atoms with van der Waals surface area (Å²) in [5.74, 6) is 0.480. The van der Waals surface area contributed by atoms with Gasteiger partial charge in [-0.25, -0.2) is 0 Å². The number of aromatic nitrogens is 1. The topological polar surface area (TPSA) is 75.4 Å². The smallest absolute Gasteiger partial charge is 0.261 e. The summed E-state index contributed by atoms with van der Waals surface area (Å²) in [5.41, 5.74) is 2.83. The van der Waals surface area contributed by atoms with Crippen molar-refractivity contribution in [1.82, 2.24) is 5.16 Å². The summed E-state index contributed by atoms with van der Waals surface area (Å²) >= 11 is 0. The number of nitrogens with zero attached hydrogens (tertiary/aromatic N) is 1. The lowest BCUT2D eigenvalue weighted by molar-refractivity contribution is 0.102. The summed E-state index contributed by atoms with van der Waals surface area (Å²) < 4.78 is 5.23. The predicted molar refractivity (Wildman–Crippen MR) is 80.5 cm³/mol. The number of carbonyl (C=O) groups excluding carboxylic acids is 1. The quantitative estimate of drug-likeness (QED) is 0.887. The molecule has 0 spiro atoms. The minimum Gasteiger partial charge on any atom is -0.396 e. The van der Waals surface area contributed by atoms with Gasteiger partial charge in [0, 0.05) is 18.2 Å². The molecule has 21 heavy (non-hydrogen) atoms. The molecule has 0 bridgehead atoms. The minimum absolute atomic E-state index is 0.0962. The van der Waals surface area contributed by atoms with E-state index in [0.29, 0.717) is 29.1 Å². The van der Waals surface area contributed by atoms with Gasteiger partial charge >= 0.3 is 0 Å². The Morgan fingerprint density at radius 3 is 2.57 bits per heavy atom. The van der Waals surface area contributed by atoms with E-state index in [1.165, 1.54) is 0 Å². The van der Waals surface area contributed by atoms with E-state index in [2.05, 4.69) is 10.5 Å². The molecule has 2 rings (SSSR count). The van der Waals surface area contributed by atoms with Crippen molar-refractivity contribution in [1.29, 1.82) is 0 Å². The van der Waals surface area contributed by atoms with Crippen LogP contribution in [0.3, 0.4) is 0 Å². The normalized spacial score (nSPS) is 10.9. The van der Waals surface area contributed by atoms with Crippen molar-refractivity contribution in [2.45, 2.75) is 33.1 Å². The molecule has 1 amide bonds. The van der Waals surface area contributed by atoms with Crippen molar-refractivity contribution in [2.24, 2.45) is 0 Å². The highest BCUT2D eigenvalue weighted by atomic mass is 16.5. The third kappa shape index (κ3) is 3.49. The number of aliphatic hydroxyl groups is 1. The van der Waals surface area contributed by atoms with E-state index in [9.17, 15) is 4.79 Å². The van der Waals surface area contributed by atoms with Crippen molar-refractivity contribution < 1.29 is 14.4 Å². The molecule has 0 aliphatic carbocycles. The molecule has 0 aliphatic rings. The molecular formula is C16H20N2O3. The van der Waals surface area contributed by atoms with Crippen LogP contribution in [0.1, 0.15) is 47.1 Å². The zero-order valence-electron chi connectivity index (χ0n) is 12.5. The maximum Gasteiger partial charge on any atom is 0.261 e. The van der Waals surface area contributed by atoms with Gasteiger partial charge in [-0.2, -0.15) is 0 Å². The summed E-state index contributed by atoms with van der Waals surface area (Å²) in [6.45, 7) is 5.79. The van der Waals surface area contributed by atoms with E-state index in [-0.39, 0.29) is 18.4 Å². The largest absolute Gasteiger partial charge is 0.396 e. The Morgan fingerprint density at radius 1 is 1.33 bits per heavy atom. The van der Waals surface area contributed by atoms with Crippen molar-refractivity contribution in [2.75, 3.05) is 11.9 Å². The molecule has 0 aliphatic heterocycles. The van der Waals surface area contributed by atoms with Gasteiger partial charge < -0.3 is 14.9 Å². The highest BCUT2D eigenvalue weighted by Crippen LogP contribution is 2.23. The summed E-state index contributed by atoms with van der Waals surface area (Å²) in [5, 5.41) is 15.6. The van der Waals surface area contributed by atoms with Gasteiger partial charge in [-0.3, -0.25) is 4.79 Å². The Labute approximate surface area is 124 Å². The average Bonchev–Trinajstić information content (AvgIpc) is 2.83. The van der Waals surface area contributed by atoms with Gasteiger partial charge in [-0.1, -0.05) is 31.1 Å². The van der Waals surface area contributed by atoms with Crippen LogP contribution in [0, 0.1) is 6.92 Å². The molecule has 1 heterocycles. The molecule has 5 nitrogen and oxygen atoms in total. The van der Waals surface area contributed by atoms with Gasteiger partial charge in [0.05, 0.1) is 5.69 Å². The average molecular weight is 288 g/mol. The highest BCUT2D eigenvalue weighted by molar-refractivity contribution is 6.05. The third-order valence-electron chi connectivity index (χ3n) is 3.25. The summed E-state index contributed by atoms with van der Waals surface area (Å²) in [6.07, 6.45) is 0.608. The number of nitrogens with one attached hydrogen (secondary N) is 1. The molecule has 0 radical (unpaired) electrons. The van der Waals surface area contributed by atoms with Crippen LogP contribution in [0.4, 0.5) is 5.69 Å². The first-order chi connectivity index (χ1) is 10.0. The maximum absolute atomic E-state index is 12.4. The van der Waals surface area contributed by atoms with Crippen LogP contribution >= 0.6 is 0 Å². The fraction of sp³-hybridized carbons (Fsp3) is 0.375. The first-order valence-corrected chi connectivity index (χ1v) is 7.00. The lowest BCUT2D eigenvalue weighted by atomic mass is 10.0. The number of aryl methyl sites for hydroxylation is 1. The van der Waals surface area contributed by atoms with Gasteiger partial charge in [0.1, 0.15) is 5.56 Å². The van der Waals surface area contributed by atoms with Gasteiger partial charge in [0.15, 0.2) is 5.76 Å². The van der Waals surface area contributed by atoms with E-state index in [0.717, 1.165) is 5.56 Å². The Kier molecular flexibility index (Phi) is 4.75. The maximum atomic E-state index is 12.4. The minimum atomic E-state index is -0.215. The van der Waals surface area contributed by atoms with Crippen LogP contribution in [-0.4, -0.2) is 22.8 Å². The van der Waals surface area contributed by atoms with Crippen LogP contribution in [-0.2, 0) is 6.42 Å². The number of anilines is 1. The van der Waals surface area contributed by atoms with Crippen molar-refractivity contribution >= 4 is 11.6 Å². The van der Waals surface area contributed by atoms with E-state index < -0.39 is 0 Å². The van der Waals surface area contributed by atoms with Crippen molar-refractivity contribution in [3.05, 3.63) is 46.8 Å². The molecule has 112 valence electrons. The number of rotatable bonds is 5. The molecule has 5 heteroatoms. The molecular weight excluding hydrogens is 268 g/mol. The zero-order chi connectivity index (χ0) is 15.4. The molecule has 0 atom stereocenters. The Balaban J connectivity index is 2.16. The van der Waals surface area contributed by atoms with Crippen LogP contribution in [0.25, 0.3) is 0 Å². The second-order valence-electron chi connectivity index (χ2n) is 5.29. The number of carbonyl (C=O) groups is 1. The van der Waals surface area contributed by atoms with E-state index in [1.54, 1.807) is 6.92 Å². The zero-order valence-corrected chi connectivity index (χ0v) is 12.5. The molecule has 0 fully saturated rings. The van der Waals surface area contributed by atoms with E-state index in [4.69, 9.17) is 9.63 Å². The lowest BCUT2D eigenvalue weighted by Crippen LogP contribution is -2.14. The Bertz CT molecular complexity index is 615. The second-order valence-corrected chi connectivity index (χ2v) is 5.29. The molecule has 0 unspecified atom stereocenters. The first-order valence-electron chi connectivity index (χ1n) is 7.00. The molecule has 0 saturated heterocycles. The molecule has 1 aromatic carbocycles. The lowest BCUT2D eigenvalue weighted by Gasteiger charge is -2.08. The summed E-state index contributed by atoms with van der Waals surface area (Å²) in [7, 11) is 0. The Hall–Kier alpha value is -2.14. The first kappa shape index (κ1) is 15.3. The van der Waals surface area contributed by atoms with Crippen molar-refractivity contribution in [3.8, 4) is 0 Å². The van der Waals surface area contributed by atoms with Crippen LogP contribution in [0.2, 0.25) is 0 Å².